The summed E-state index contributed by atoms with van der Waals surface area (Å²) < 4.78 is 5.22. The molecule has 1 rings (SSSR count). The molecule has 0 spiro atoms. The number of thioether (sulfide) groups is 1. The van der Waals surface area contributed by atoms with Gasteiger partial charge in [0.2, 0.25) is 0 Å². The van der Waals surface area contributed by atoms with Gasteiger partial charge in [-0.1, -0.05) is 6.92 Å². The number of carboxylic acids is 1. The van der Waals surface area contributed by atoms with Gasteiger partial charge < -0.3 is 9.84 Å². The Balaban J connectivity index is 2.95. The van der Waals surface area contributed by atoms with Crippen LogP contribution in [0, 0.1) is 5.92 Å². The van der Waals surface area contributed by atoms with Gasteiger partial charge in [-0.15, -0.1) is 11.8 Å². The summed E-state index contributed by atoms with van der Waals surface area (Å²) in [7, 11) is 1.60. The molecule has 1 aromatic rings. The van der Waals surface area contributed by atoms with Gasteiger partial charge in [-0.05, 0) is 36.4 Å². The van der Waals surface area contributed by atoms with Crippen molar-refractivity contribution in [2.75, 3.05) is 13.4 Å². The Morgan fingerprint density at radius 2 is 2.25 bits per heavy atom. The summed E-state index contributed by atoms with van der Waals surface area (Å²) >= 11 is 1.63. The number of hydrogen-bond donors (Lipinski definition) is 1. The summed E-state index contributed by atoms with van der Waals surface area (Å²) in [5.74, 6) is -0.423. The van der Waals surface area contributed by atoms with E-state index in [1.54, 1.807) is 25.8 Å². The second kappa shape index (κ2) is 5.80. The van der Waals surface area contributed by atoms with Crippen molar-refractivity contribution in [2.45, 2.75) is 18.2 Å². The molecular weight excluding hydrogens is 224 g/mol. The maximum absolute atomic E-state index is 10.8. The highest BCUT2D eigenvalue weighted by molar-refractivity contribution is 7.98. The van der Waals surface area contributed by atoms with Crippen LogP contribution in [0.2, 0.25) is 0 Å². The summed E-state index contributed by atoms with van der Waals surface area (Å²) in [6, 6.07) is 5.84. The molecule has 0 radical (unpaired) electrons. The molecular formula is C12H16O3S. The third-order valence-electron chi connectivity index (χ3n) is 2.44. The van der Waals surface area contributed by atoms with Crippen LogP contribution in [0.3, 0.4) is 0 Å². The fraction of sp³-hybridized carbons (Fsp3) is 0.417. The average Bonchev–Trinajstić information content (AvgIpc) is 2.28. The molecule has 16 heavy (non-hydrogen) atoms. The van der Waals surface area contributed by atoms with Crippen LogP contribution in [-0.4, -0.2) is 24.4 Å². The lowest BCUT2D eigenvalue weighted by molar-refractivity contribution is -0.141. The molecule has 0 aliphatic carbocycles. The SMILES string of the molecule is COc1ccc(SC)cc1CC(C)C(=O)O. The smallest absolute Gasteiger partial charge is 0.306 e. The standard InChI is InChI=1S/C12H16O3S/c1-8(12(13)14)6-9-7-10(16-3)4-5-11(9)15-2/h4-5,7-8H,6H2,1-3H3,(H,13,14). The maximum atomic E-state index is 10.8. The number of carboxylic acid groups (broad SMARTS) is 1. The Hall–Kier alpha value is -1.16. The molecule has 0 fully saturated rings. The molecule has 1 atom stereocenters. The molecule has 0 aromatic heterocycles. The van der Waals surface area contributed by atoms with Gasteiger partial charge in [-0.2, -0.15) is 0 Å². The summed E-state index contributed by atoms with van der Waals surface area (Å²) in [6.45, 7) is 1.70. The van der Waals surface area contributed by atoms with Crippen LogP contribution in [0.4, 0.5) is 0 Å². The first-order valence-corrected chi connectivity index (χ1v) is 6.24. The van der Waals surface area contributed by atoms with Gasteiger partial charge in [0, 0.05) is 4.90 Å². The minimum Gasteiger partial charge on any atom is -0.496 e. The van der Waals surface area contributed by atoms with Crippen molar-refractivity contribution in [1.29, 1.82) is 0 Å². The van der Waals surface area contributed by atoms with Crippen molar-refractivity contribution < 1.29 is 14.6 Å². The van der Waals surface area contributed by atoms with E-state index in [1.807, 2.05) is 24.5 Å². The van der Waals surface area contributed by atoms with Crippen LogP contribution < -0.4 is 4.74 Å². The maximum Gasteiger partial charge on any atom is 0.306 e. The van der Waals surface area contributed by atoms with Crippen LogP contribution in [0.5, 0.6) is 5.75 Å². The first kappa shape index (κ1) is 12.9. The van der Waals surface area contributed by atoms with Gasteiger partial charge in [0.05, 0.1) is 13.0 Å². The van der Waals surface area contributed by atoms with Gasteiger partial charge in [0.25, 0.3) is 0 Å². The fourth-order valence-corrected chi connectivity index (χ4v) is 1.92. The predicted molar refractivity (Wildman–Crippen MR) is 65.3 cm³/mol. The Labute approximate surface area is 99.8 Å². The van der Waals surface area contributed by atoms with Gasteiger partial charge in [-0.25, -0.2) is 0 Å². The summed E-state index contributed by atoms with van der Waals surface area (Å²) in [6.07, 6.45) is 2.49. The van der Waals surface area contributed by atoms with E-state index in [0.29, 0.717) is 6.42 Å². The minimum atomic E-state index is -0.781. The van der Waals surface area contributed by atoms with Gasteiger partial charge in [0.1, 0.15) is 5.75 Å². The first-order valence-electron chi connectivity index (χ1n) is 5.02. The summed E-state index contributed by atoms with van der Waals surface area (Å²) in [4.78, 5) is 11.9. The number of aliphatic carboxylic acids is 1. The second-order valence-corrected chi connectivity index (χ2v) is 4.50. The fourth-order valence-electron chi connectivity index (χ4n) is 1.46. The third-order valence-corrected chi connectivity index (χ3v) is 3.16. The van der Waals surface area contributed by atoms with Crippen LogP contribution in [-0.2, 0) is 11.2 Å². The third kappa shape index (κ3) is 3.17. The number of methoxy groups -OCH3 is 1. The highest BCUT2D eigenvalue weighted by Crippen LogP contribution is 2.26. The first-order chi connectivity index (χ1) is 7.58. The monoisotopic (exact) mass is 240 g/mol. The molecule has 4 heteroatoms. The average molecular weight is 240 g/mol. The van der Waals surface area contributed by atoms with Crippen molar-refractivity contribution in [3.63, 3.8) is 0 Å². The van der Waals surface area contributed by atoms with E-state index >= 15 is 0 Å². The van der Waals surface area contributed by atoms with E-state index in [1.165, 1.54) is 0 Å². The molecule has 1 aromatic carbocycles. The molecule has 0 bridgehead atoms. The van der Waals surface area contributed by atoms with E-state index in [0.717, 1.165) is 16.2 Å². The topological polar surface area (TPSA) is 46.5 Å². The zero-order chi connectivity index (χ0) is 12.1. The summed E-state index contributed by atoms with van der Waals surface area (Å²) in [5, 5.41) is 8.89. The van der Waals surface area contributed by atoms with Crippen LogP contribution in [0.1, 0.15) is 12.5 Å². The molecule has 1 unspecified atom stereocenters. The zero-order valence-electron chi connectivity index (χ0n) is 9.69. The van der Waals surface area contributed by atoms with E-state index in [9.17, 15) is 4.79 Å². The molecule has 0 aliphatic heterocycles. The normalized spacial score (nSPS) is 12.2. The number of rotatable bonds is 5. The Kier molecular flexibility index (Phi) is 4.68. The van der Waals surface area contributed by atoms with Crippen molar-refractivity contribution >= 4 is 17.7 Å². The highest BCUT2D eigenvalue weighted by Gasteiger charge is 2.14. The van der Waals surface area contributed by atoms with Gasteiger partial charge in [0.15, 0.2) is 0 Å². The van der Waals surface area contributed by atoms with E-state index in [2.05, 4.69) is 0 Å². The Morgan fingerprint density at radius 3 is 2.75 bits per heavy atom. The highest BCUT2D eigenvalue weighted by atomic mass is 32.2. The molecule has 3 nitrogen and oxygen atoms in total. The number of carbonyl (C=O) groups is 1. The van der Waals surface area contributed by atoms with Crippen molar-refractivity contribution in [1.82, 2.24) is 0 Å². The van der Waals surface area contributed by atoms with Gasteiger partial charge >= 0.3 is 5.97 Å². The summed E-state index contributed by atoms with van der Waals surface area (Å²) in [5.41, 5.74) is 0.948. The lowest BCUT2D eigenvalue weighted by atomic mass is 10.0. The van der Waals surface area contributed by atoms with Crippen LogP contribution in [0.15, 0.2) is 23.1 Å². The lowest BCUT2D eigenvalue weighted by Crippen LogP contribution is -2.12. The van der Waals surface area contributed by atoms with Crippen molar-refractivity contribution in [2.24, 2.45) is 5.92 Å². The molecule has 88 valence electrons. The zero-order valence-corrected chi connectivity index (χ0v) is 10.5. The van der Waals surface area contributed by atoms with E-state index < -0.39 is 11.9 Å². The molecule has 0 aliphatic rings. The second-order valence-electron chi connectivity index (χ2n) is 3.62. The Bertz CT molecular complexity index is 377. The number of hydrogen-bond acceptors (Lipinski definition) is 3. The number of benzene rings is 1. The molecule has 0 saturated carbocycles. The molecule has 0 saturated heterocycles. The van der Waals surface area contributed by atoms with Crippen LogP contribution >= 0.6 is 11.8 Å². The minimum absolute atomic E-state index is 0.397. The van der Waals surface area contributed by atoms with Crippen molar-refractivity contribution in [3.05, 3.63) is 23.8 Å². The quantitative estimate of drug-likeness (QED) is 0.804. The molecule has 1 N–H and O–H groups in total. The van der Waals surface area contributed by atoms with Gasteiger partial charge in [-0.3, -0.25) is 4.79 Å². The molecule has 0 heterocycles. The van der Waals surface area contributed by atoms with Crippen LogP contribution in [0.25, 0.3) is 0 Å². The number of ether oxygens (including phenoxy) is 1. The Morgan fingerprint density at radius 1 is 1.56 bits per heavy atom. The molecule has 0 amide bonds. The van der Waals surface area contributed by atoms with E-state index in [-0.39, 0.29) is 0 Å². The van der Waals surface area contributed by atoms with Crippen molar-refractivity contribution in [3.8, 4) is 5.75 Å². The largest absolute Gasteiger partial charge is 0.496 e. The predicted octanol–water partition coefficient (Wildman–Crippen LogP) is 2.68. The van der Waals surface area contributed by atoms with E-state index in [4.69, 9.17) is 9.84 Å². The lowest BCUT2D eigenvalue weighted by Gasteiger charge is -2.12.